The molecule has 0 aliphatic carbocycles. The number of hydrogen-bond acceptors (Lipinski definition) is 5. The van der Waals surface area contributed by atoms with Crippen LogP contribution >= 0.6 is 0 Å². The lowest BCUT2D eigenvalue weighted by Crippen LogP contribution is -2.16. The molecule has 1 amide bonds. The minimum absolute atomic E-state index is 0.274. The number of esters is 1. The highest BCUT2D eigenvalue weighted by atomic mass is 16.5. The molecule has 0 bridgehead atoms. The van der Waals surface area contributed by atoms with Gasteiger partial charge in [0.15, 0.2) is 0 Å². The highest BCUT2D eigenvalue weighted by molar-refractivity contribution is 6.09. The molecule has 0 radical (unpaired) electrons. The molecule has 0 saturated carbocycles. The van der Waals surface area contributed by atoms with Crippen LogP contribution in [-0.4, -0.2) is 33.2 Å². The largest absolute Gasteiger partial charge is 0.497 e. The van der Waals surface area contributed by atoms with Crippen LogP contribution < -0.4 is 14.8 Å². The zero-order valence-electron chi connectivity index (χ0n) is 13.1. The fourth-order valence-electron chi connectivity index (χ4n) is 2.06. The van der Waals surface area contributed by atoms with E-state index < -0.39 is 11.9 Å². The second kappa shape index (κ2) is 7.31. The molecule has 120 valence electrons. The number of para-hydroxylation sites is 1. The van der Waals surface area contributed by atoms with Gasteiger partial charge in [-0.15, -0.1) is 0 Å². The van der Waals surface area contributed by atoms with Crippen molar-refractivity contribution in [3.63, 3.8) is 0 Å². The van der Waals surface area contributed by atoms with Crippen LogP contribution in [0, 0.1) is 0 Å². The van der Waals surface area contributed by atoms with Gasteiger partial charge in [0, 0.05) is 6.07 Å². The lowest BCUT2D eigenvalue weighted by Gasteiger charge is -2.12. The van der Waals surface area contributed by atoms with E-state index in [0.717, 1.165) is 0 Å². The molecular formula is C17H17NO5. The molecule has 0 atom stereocenters. The maximum atomic E-state index is 12.5. The molecule has 2 aromatic carbocycles. The van der Waals surface area contributed by atoms with Gasteiger partial charge in [0.05, 0.1) is 38.1 Å². The first-order valence-electron chi connectivity index (χ1n) is 6.81. The third-order valence-electron chi connectivity index (χ3n) is 3.23. The van der Waals surface area contributed by atoms with Crippen molar-refractivity contribution in [1.29, 1.82) is 0 Å². The molecular weight excluding hydrogens is 298 g/mol. The van der Waals surface area contributed by atoms with Gasteiger partial charge < -0.3 is 19.5 Å². The molecule has 6 nitrogen and oxygen atoms in total. The van der Waals surface area contributed by atoms with E-state index in [1.165, 1.54) is 21.3 Å². The second-order valence-electron chi connectivity index (χ2n) is 4.56. The first kappa shape index (κ1) is 16.4. The quantitative estimate of drug-likeness (QED) is 0.859. The lowest BCUT2D eigenvalue weighted by molar-refractivity contribution is 0.0602. The van der Waals surface area contributed by atoms with E-state index in [0.29, 0.717) is 22.7 Å². The third kappa shape index (κ3) is 3.60. The highest BCUT2D eigenvalue weighted by Crippen LogP contribution is 2.26. The standard InChI is InChI=1S/C17H17NO5/c1-21-11-8-9-13(15(10-11)22-2)16(19)18-14-7-5-4-6-12(14)17(20)23-3/h4-10H,1-3H3,(H,18,19). The Balaban J connectivity index is 2.32. The van der Waals surface area contributed by atoms with Crippen molar-refractivity contribution in [2.24, 2.45) is 0 Å². The van der Waals surface area contributed by atoms with E-state index in [1.54, 1.807) is 42.5 Å². The summed E-state index contributed by atoms with van der Waals surface area (Å²) in [6.45, 7) is 0. The number of ether oxygens (including phenoxy) is 3. The van der Waals surface area contributed by atoms with E-state index in [-0.39, 0.29) is 5.56 Å². The van der Waals surface area contributed by atoms with Crippen LogP contribution in [0.3, 0.4) is 0 Å². The minimum Gasteiger partial charge on any atom is -0.497 e. The summed E-state index contributed by atoms with van der Waals surface area (Å²) in [7, 11) is 4.28. The number of carbonyl (C=O) groups is 2. The van der Waals surface area contributed by atoms with Gasteiger partial charge in [0.2, 0.25) is 0 Å². The van der Waals surface area contributed by atoms with Gasteiger partial charge in [-0.3, -0.25) is 4.79 Å². The normalized spacial score (nSPS) is 9.87. The molecule has 0 saturated heterocycles. The second-order valence-corrected chi connectivity index (χ2v) is 4.56. The Bertz CT molecular complexity index is 727. The summed E-state index contributed by atoms with van der Waals surface area (Å²) < 4.78 is 15.0. The summed E-state index contributed by atoms with van der Waals surface area (Å²) in [4.78, 5) is 24.2. The monoisotopic (exact) mass is 315 g/mol. The van der Waals surface area contributed by atoms with Crippen molar-refractivity contribution in [2.45, 2.75) is 0 Å². The Morgan fingerprint density at radius 3 is 2.30 bits per heavy atom. The summed E-state index contributed by atoms with van der Waals surface area (Å²) in [5, 5.41) is 2.69. The van der Waals surface area contributed by atoms with E-state index in [1.807, 2.05) is 0 Å². The van der Waals surface area contributed by atoms with Crippen molar-refractivity contribution < 1.29 is 23.8 Å². The van der Waals surface area contributed by atoms with Crippen molar-refractivity contribution >= 4 is 17.6 Å². The summed E-state index contributed by atoms with van der Waals surface area (Å²) in [5.41, 5.74) is 0.964. The van der Waals surface area contributed by atoms with E-state index in [4.69, 9.17) is 14.2 Å². The Kier molecular flexibility index (Phi) is 5.19. The van der Waals surface area contributed by atoms with Crippen LogP contribution in [-0.2, 0) is 4.74 Å². The molecule has 0 heterocycles. The lowest BCUT2D eigenvalue weighted by atomic mass is 10.1. The Morgan fingerprint density at radius 1 is 0.913 bits per heavy atom. The maximum Gasteiger partial charge on any atom is 0.339 e. The predicted octanol–water partition coefficient (Wildman–Crippen LogP) is 2.74. The predicted molar refractivity (Wildman–Crippen MR) is 85.3 cm³/mol. The van der Waals surface area contributed by atoms with E-state index in [2.05, 4.69) is 5.32 Å². The summed E-state index contributed by atoms with van der Waals surface area (Å²) >= 11 is 0. The number of benzene rings is 2. The highest BCUT2D eigenvalue weighted by Gasteiger charge is 2.17. The molecule has 6 heteroatoms. The maximum absolute atomic E-state index is 12.5. The molecule has 0 aliphatic heterocycles. The zero-order valence-corrected chi connectivity index (χ0v) is 13.1. The van der Waals surface area contributed by atoms with E-state index >= 15 is 0 Å². The number of rotatable bonds is 5. The van der Waals surface area contributed by atoms with Crippen LogP contribution in [0.4, 0.5) is 5.69 Å². The smallest absolute Gasteiger partial charge is 0.339 e. The summed E-state index contributed by atoms with van der Waals surface area (Å²) in [5.74, 6) is 0.0224. The average Bonchev–Trinajstić information content (AvgIpc) is 2.60. The zero-order chi connectivity index (χ0) is 16.8. The Morgan fingerprint density at radius 2 is 1.65 bits per heavy atom. The van der Waals surface area contributed by atoms with Crippen LogP contribution in [0.1, 0.15) is 20.7 Å². The number of nitrogens with one attached hydrogen (secondary N) is 1. The number of methoxy groups -OCH3 is 3. The van der Waals surface area contributed by atoms with Crippen LogP contribution in [0.25, 0.3) is 0 Å². The molecule has 2 rings (SSSR count). The topological polar surface area (TPSA) is 73.9 Å². The molecule has 0 fully saturated rings. The molecule has 23 heavy (non-hydrogen) atoms. The first-order chi connectivity index (χ1) is 11.1. The number of hydrogen-bond donors (Lipinski definition) is 1. The van der Waals surface area contributed by atoms with Gasteiger partial charge in [-0.1, -0.05) is 12.1 Å². The summed E-state index contributed by atoms with van der Waals surface area (Å²) in [6, 6.07) is 11.5. The van der Waals surface area contributed by atoms with Crippen molar-refractivity contribution in [3.05, 3.63) is 53.6 Å². The first-order valence-corrected chi connectivity index (χ1v) is 6.81. The molecule has 0 unspecified atom stereocenters. The Hall–Kier alpha value is -3.02. The van der Waals surface area contributed by atoms with Gasteiger partial charge in [-0.05, 0) is 24.3 Å². The van der Waals surface area contributed by atoms with Gasteiger partial charge in [0.1, 0.15) is 11.5 Å². The fourth-order valence-corrected chi connectivity index (χ4v) is 2.06. The van der Waals surface area contributed by atoms with Crippen molar-refractivity contribution in [1.82, 2.24) is 0 Å². The molecule has 2 aromatic rings. The van der Waals surface area contributed by atoms with Crippen molar-refractivity contribution in [3.8, 4) is 11.5 Å². The van der Waals surface area contributed by atoms with Crippen LogP contribution in [0.2, 0.25) is 0 Å². The SMILES string of the molecule is COC(=O)c1ccccc1NC(=O)c1ccc(OC)cc1OC. The van der Waals surface area contributed by atoms with Gasteiger partial charge >= 0.3 is 5.97 Å². The molecule has 1 N–H and O–H groups in total. The van der Waals surface area contributed by atoms with Crippen molar-refractivity contribution in [2.75, 3.05) is 26.6 Å². The fraction of sp³-hybridized carbons (Fsp3) is 0.176. The van der Waals surface area contributed by atoms with Crippen LogP contribution in [0.5, 0.6) is 11.5 Å². The average molecular weight is 315 g/mol. The van der Waals surface area contributed by atoms with Gasteiger partial charge in [-0.2, -0.15) is 0 Å². The summed E-state index contributed by atoms with van der Waals surface area (Å²) in [6.07, 6.45) is 0. The van der Waals surface area contributed by atoms with Crippen LogP contribution in [0.15, 0.2) is 42.5 Å². The number of amides is 1. The Labute approximate surface area is 134 Å². The molecule has 0 aliphatic rings. The van der Waals surface area contributed by atoms with Gasteiger partial charge in [-0.25, -0.2) is 4.79 Å². The molecule has 0 aromatic heterocycles. The minimum atomic E-state index is -0.525. The van der Waals surface area contributed by atoms with Gasteiger partial charge in [0.25, 0.3) is 5.91 Å². The molecule has 0 spiro atoms. The number of carbonyl (C=O) groups excluding carboxylic acids is 2. The number of anilines is 1. The third-order valence-corrected chi connectivity index (χ3v) is 3.23. The van der Waals surface area contributed by atoms with E-state index in [9.17, 15) is 9.59 Å².